The molecule has 0 aliphatic heterocycles. The Morgan fingerprint density at radius 1 is 1.21 bits per heavy atom. The third kappa shape index (κ3) is 3.26. The van der Waals surface area contributed by atoms with Gasteiger partial charge in [-0.05, 0) is 30.3 Å². The highest BCUT2D eigenvalue weighted by molar-refractivity contribution is 6.30. The second-order valence-electron chi connectivity index (χ2n) is 3.62. The highest BCUT2D eigenvalue weighted by Crippen LogP contribution is 2.15. The van der Waals surface area contributed by atoms with Gasteiger partial charge < -0.3 is 5.32 Å². The first-order valence-electron chi connectivity index (χ1n) is 5.23. The highest BCUT2D eigenvalue weighted by Gasteiger charge is 2.11. The molecule has 0 aliphatic rings. The number of benzene rings is 1. The smallest absolute Gasteiger partial charge is 0.287 e. The second kappa shape index (κ2) is 5.45. The summed E-state index contributed by atoms with van der Waals surface area (Å²) in [6.07, 6.45) is 1.04. The number of aromatic nitrogens is 1. The van der Waals surface area contributed by atoms with Crippen molar-refractivity contribution in [2.24, 2.45) is 0 Å². The zero-order valence-corrected chi connectivity index (χ0v) is 10.3. The van der Waals surface area contributed by atoms with Crippen molar-refractivity contribution >= 4 is 28.9 Å². The molecule has 0 spiro atoms. The van der Waals surface area contributed by atoms with Gasteiger partial charge in [-0.15, -0.1) is 0 Å². The lowest BCUT2D eigenvalue weighted by molar-refractivity contribution is -0.385. The van der Waals surface area contributed by atoms with E-state index in [0.29, 0.717) is 10.7 Å². The lowest BCUT2D eigenvalue weighted by atomic mass is 10.3. The van der Waals surface area contributed by atoms with Crippen LogP contribution in [0.4, 0.5) is 11.4 Å². The van der Waals surface area contributed by atoms with Crippen molar-refractivity contribution in [2.75, 3.05) is 5.32 Å². The molecular weight excluding hydrogens is 270 g/mol. The van der Waals surface area contributed by atoms with Crippen LogP contribution in [-0.4, -0.2) is 15.8 Å². The first-order chi connectivity index (χ1) is 9.06. The van der Waals surface area contributed by atoms with E-state index in [1.807, 2.05) is 0 Å². The molecule has 0 fully saturated rings. The third-order valence-corrected chi connectivity index (χ3v) is 2.55. The van der Waals surface area contributed by atoms with Crippen molar-refractivity contribution in [3.63, 3.8) is 0 Å². The number of halogens is 1. The number of nitrogens with one attached hydrogen (secondary N) is 1. The maximum Gasteiger partial charge on any atom is 0.287 e. The van der Waals surface area contributed by atoms with Gasteiger partial charge in [0.15, 0.2) is 0 Å². The van der Waals surface area contributed by atoms with E-state index in [4.69, 9.17) is 11.6 Å². The van der Waals surface area contributed by atoms with Crippen LogP contribution in [0.2, 0.25) is 5.02 Å². The topological polar surface area (TPSA) is 85.1 Å². The molecule has 1 N–H and O–H groups in total. The van der Waals surface area contributed by atoms with E-state index < -0.39 is 10.8 Å². The Bertz CT molecular complexity index is 611. The van der Waals surface area contributed by atoms with E-state index in [9.17, 15) is 14.9 Å². The van der Waals surface area contributed by atoms with Crippen LogP contribution in [0.5, 0.6) is 0 Å². The number of rotatable bonds is 3. The van der Waals surface area contributed by atoms with Crippen LogP contribution in [0.1, 0.15) is 10.5 Å². The fourth-order valence-electron chi connectivity index (χ4n) is 1.36. The molecule has 0 saturated heterocycles. The number of nitrogens with zero attached hydrogens (tertiary/aromatic N) is 2. The average molecular weight is 278 g/mol. The molecule has 0 atom stereocenters. The predicted octanol–water partition coefficient (Wildman–Crippen LogP) is 2.90. The minimum absolute atomic E-state index is 0.0977. The molecule has 96 valence electrons. The number of anilines is 1. The minimum atomic E-state index is -0.576. The fraction of sp³-hybridized carbons (Fsp3) is 0. The summed E-state index contributed by atoms with van der Waals surface area (Å²) in [5.74, 6) is -0.447. The van der Waals surface area contributed by atoms with E-state index in [0.717, 1.165) is 6.20 Å². The van der Waals surface area contributed by atoms with Gasteiger partial charge in [-0.2, -0.15) is 0 Å². The maximum absolute atomic E-state index is 11.8. The molecule has 0 aliphatic carbocycles. The molecular formula is C12H8ClN3O3. The van der Waals surface area contributed by atoms with Crippen LogP contribution in [0.3, 0.4) is 0 Å². The summed E-state index contributed by atoms with van der Waals surface area (Å²) in [5.41, 5.74) is 0.498. The molecule has 0 unspecified atom stereocenters. The second-order valence-corrected chi connectivity index (χ2v) is 4.06. The number of amides is 1. The lowest BCUT2D eigenvalue weighted by Crippen LogP contribution is -2.13. The van der Waals surface area contributed by atoms with E-state index in [2.05, 4.69) is 10.3 Å². The van der Waals surface area contributed by atoms with Crippen molar-refractivity contribution in [1.29, 1.82) is 0 Å². The molecule has 0 bridgehead atoms. The summed E-state index contributed by atoms with van der Waals surface area (Å²) in [4.78, 5) is 25.4. The largest absolute Gasteiger partial charge is 0.321 e. The summed E-state index contributed by atoms with van der Waals surface area (Å²) >= 11 is 5.72. The molecule has 2 rings (SSSR count). The van der Waals surface area contributed by atoms with Gasteiger partial charge in [0.25, 0.3) is 11.6 Å². The average Bonchev–Trinajstić information content (AvgIpc) is 2.41. The van der Waals surface area contributed by atoms with Gasteiger partial charge >= 0.3 is 0 Å². The van der Waals surface area contributed by atoms with Gasteiger partial charge in [-0.3, -0.25) is 14.9 Å². The van der Waals surface area contributed by atoms with Gasteiger partial charge in [0.1, 0.15) is 11.9 Å². The summed E-state index contributed by atoms with van der Waals surface area (Å²) in [5, 5.41) is 13.6. The molecule has 2 aromatic rings. The van der Waals surface area contributed by atoms with Crippen molar-refractivity contribution < 1.29 is 9.72 Å². The van der Waals surface area contributed by atoms with E-state index in [1.165, 1.54) is 12.1 Å². The number of pyridine rings is 1. The van der Waals surface area contributed by atoms with Crippen LogP contribution < -0.4 is 5.32 Å². The summed E-state index contributed by atoms with van der Waals surface area (Å²) in [7, 11) is 0. The molecule has 6 nitrogen and oxygen atoms in total. The Labute approximate surface area is 113 Å². The van der Waals surface area contributed by atoms with Crippen molar-refractivity contribution in [2.45, 2.75) is 0 Å². The zero-order valence-electron chi connectivity index (χ0n) is 9.54. The van der Waals surface area contributed by atoms with Crippen molar-refractivity contribution in [3.05, 3.63) is 63.4 Å². The number of hydrogen-bond acceptors (Lipinski definition) is 4. The van der Waals surface area contributed by atoms with E-state index in [-0.39, 0.29) is 11.4 Å². The maximum atomic E-state index is 11.8. The number of carbonyl (C=O) groups excluding carboxylic acids is 1. The van der Waals surface area contributed by atoms with Crippen LogP contribution in [0, 0.1) is 10.1 Å². The first kappa shape index (κ1) is 13.0. The lowest BCUT2D eigenvalue weighted by Gasteiger charge is -2.04. The Kier molecular flexibility index (Phi) is 3.72. The number of hydrogen-bond donors (Lipinski definition) is 1. The standard InChI is InChI=1S/C12H8ClN3O3/c13-8-1-3-9(4-2-8)15-12(17)11-6-5-10(7-14-11)16(18)19/h1-7H,(H,15,17). The summed E-state index contributed by atoms with van der Waals surface area (Å²) < 4.78 is 0. The quantitative estimate of drug-likeness (QED) is 0.690. The SMILES string of the molecule is O=C(Nc1ccc(Cl)cc1)c1ccc([N+](=O)[O-])cn1. The Balaban J connectivity index is 2.11. The molecule has 7 heteroatoms. The van der Waals surface area contributed by atoms with Crippen LogP contribution in [0.25, 0.3) is 0 Å². The molecule has 1 aromatic carbocycles. The molecule has 1 heterocycles. The molecule has 1 aromatic heterocycles. The molecule has 0 radical (unpaired) electrons. The predicted molar refractivity (Wildman–Crippen MR) is 70.3 cm³/mol. The fourth-order valence-corrected chi connectivity index (χ4v) is 1.48. The van der Waals surface area contributed by atoms with Crippen LogP contribution in [-0.2, 0) is 0 Å². The normalized spacial score (nSPS) is 9.95. The summed E-state index contributed by atoms with van der Waals surface area (Å²) in [6.45, 7) is 0. The Morgan fingerprint density at radius 2 is 1.89 bits per heavy atom. The monoisotopic (exact) mass is 277 g/mol. The van der Waals surface area contributed by atoms with Crippen molar-refractivity contribution in [3.8, 4) is 0 Å². The Morgan fingerprint density at radius 3 is 2.42 bits per heavy atom. The van der Waals surface area contributed by atoms with Crippen LogP contribution in [0.15, 0.2) is 42.6 Å². The van der Waals surface area contributed by atoms with Crippen LogP contribution >= 0.6 is 11.6 Å². The van der Waals surface area contributed by atoms with Crippen molar-refractivity contribution in [1.82, 2.24) is 4.98 Å². The zero-order chi connectivity index (χ0) is 13.8. The van der Waals surface area contributed by atoms with E-state index >= 15 is 0 Å². The third-order valence-electron chi connectivity index (χ3n) is 2.29. The van der Waals surface area contributed by atoms with Gasteiger partial charge in [0, 0.05) is 16.8 Å². The van der Waals surface area contributed by atoms with Gasteiger partial charge in [0.05, 0.1) is 4.92 Å². The van der Waals surface area contributed by atoms with Gasteiger partial charge in [0.2, 0.25) is 0 Å². The summed E-state index contributed by atoms with van der Waals surface area (Å²) in [6, 6.07) is 9.09. The number of nitro groups is 1. The highest BCUT2D eigenvalue weighted by atomic mass is 35.5. The van der Waals surface area contributed by atoms with Gasteiger partial charge in [-0.1, -0.05) is 11.6 Å². The molecule has 0 saturated carbocycles. The molecule has 1 amide bonds. The first-order valence-corrected chi connectivity index (χ1v) is 5.61. The number of carbonyl (C=O) groups is 1. The Hall–Kier alpha value is -2.47. The van der Waals surface area contributed by atoms with Gasteiger partial charge in [-0.25, -0.2) is 4.98 Å². The van der Waals surface area contributed by atoms with E-state index in [1.54, 1.807) is 24.3 Å². The minimum Gasteiger partial charge on any atom is -0.321 e. The molecule has 19 heavy (non-hydrogen) atoms.